The molecule has 2 unspecified atom stereocenters. The zero-order valence-electron chi connectivity index (χ0n) is 12.8. The summed E-state index contributed by atoms with van der Waals surface area (Å²) in [5.74, 6) is 1.26. The summed E-state index contributed by atoms with van der Waals surface area (Å²) < 4.78 is 5.03. The summed E-state index contributed by atoms with van der Waals surface area (Å²) in [6, 6.07) is 6.34. The van der Waals surface area contributed by atoms with E-state index in [1.165, 1.54) is 32.1 Å². The Morgan fingerprint density at radius 2 is 2.10 bits per heavy atom. The van der Waals surface area contributed by atoms with Crippen molar-refractivity contribution >= 4 is 16.8 Å². The number of aromatic nitrogens is 1. The summed E-state index contributed by atoms with van der Waals surface area (Å²) in [5, 5.41) is 3.62. The number of rotatable bonds is 3. The maximum Gasteiger partial charge on any atom is 0.417 e. The normalized spacial score (nSPS) is 23.4. The quantitative estimate of drug-likeness (QED) is 0.835. The molecule has 4 nitrogen and oxygen atoms in total. The second-order valence-corrected chi connectivity index (χ2v) is 6.58. The van der Waals surface area contributed by atoms with Gasteiger partial charge in [-0.25, -0.2) is 4.79 Å². The molecule has 1 saturated carbocycles. The van der Waals surface area contributed by atoms with E-state index in [1.807, 2.05) is 18.2 Å². The van der Waals surface area contributed by atoms with Gasteiger partial charge in [-0.1, -0.05) is 26.7 Å². The molecule has 1 heterocycles. The number of oxazole rings is 1. The monoisotopic (exact) mass is 288 g/mol. The highest BCUT2D eigenvalue weighted by atomic mass is 16.4. The Morgan fingerprint density at radius 3 is 2.90 bits per heavy atom. The van der Waals surface area contributed by atoms with Crippen LogP contribution in [0.25, 0.3) is 11.1 Å². The van der Waals surface area contributed by atoms with Crippen molar-refractivity contribution in [2.75, 3.05) is 5.32 Å². The van der Waals surface area contributed by atoms with Gasteiger partial charge in [0.1, 0.15) is 0 Å². The zero-order chi connectivity index (χ0) is 14.8. The largest absolute Gasteiger partial charge is 0.417 e. The summed E-state index contributed by atoms with van der Waals surface area (Å²) in [4.78, 5) is 13.9. The van der Waals surface area contributed by atoms with Crippen molar-refractivity contribution < 1.29 is 4.42 Å². The van der Waals surface area contributed by atoms with Gasteiger partial charge < -0.3 is 9.73 Å². The molecule has 21 heavy (non-hydrogen) atoms. The first-order valence-electron chi connectivity index (χ1n) is 8.01. The SMILES string of the molecule is CC(C)C1CCCC(Nc2ccc3oc(=O)[nH]c3c2)CC1. The molecule has 2 atom stereocenters. The van der Waals surface area contributed by atoms with E-state index >= 15 is 0 Å². The number of benzene rings is 1. The second-order valence-electron chi connectivity index (χ2n) is 6.58. The van der Waals surface area contributed by atoms with Crippen LogP contribution in [-0.4, -0.2) is 11.0 Å². The number of hydrogen-bond donors (Lipinski definition) is 2. The fourth-order valence-electron chi connectivity index (χ4n) is 3.42. The highest BCUT2D eigenvalue weighted by molar-refractivity contribution is 5.76. The van der Waals surface area contributed by atoms with E-state index in [1.54, 1.807) is 0 Å². The van der Waals surface area contributed by atoms with Crippen molar-refractivity contribution in [1.82, 2.24) is 4.98 Å². The minimum atomic E-state index is -0.392. The number of H-pyrrole nitrogens is 1. The second kappa shape index (κ2) is 5.96. The molecule has 0 spiro atoms. The van der Waals surface area contributed by atoms with Crippen molar-refractivity contribution in [2.45, 2.75) is 52.0 Å². The fraction of sp³-hybridized carbons (Fsp3) is 0.588. The first kappa shape index (κ1) is 14.2. The topological polar surface area (TPSA) is 58.0 Å². The Morgan fingerprint density at radius 1 is 1.24 bits per heavy atom. The van der Waals surface area contributed by atoms with Gasteiger partial charge in [0.15, 0.2) is 5.58 Å². The third-order valence-electron chi connectivity index (χ3n) is 4.75. The first-order valence-corrected chi connectivity index (χ1v) is 8.01. The molecular weight excluding hydrogens is 264 g/mol. The Labute approximate surface area is 124 Å². The zero-order valence-corrected chi connectivity index (χ0v) is 12.8. The number of anilines is 1. The van der Waals surface area contributed by atoms with Crippen LogP contribution in [0.15, 0.2) is 27.4 Å². The molecule has 2 aromatic rings. The number of aromatic amines is 1. The summed E-state index contributed by atoms with van der Waals surface area (Å²) in [7, 11) is 0. The molecule has 2 N–H and O–H groups in total. The van der Waals surface area contributed by atoms with Gasteiger partial charge in [0, 0.05) is 11.7 Å². The minimum Gasteiger partial charge on any atom is -0.408 e. The van der Waals surface area contributed by atoms with Crippen molar-refractivity contribution in [1.29, 1.82) is 0 Å². The van der Waals surface area contributed by atoms with Crippen LogP contribution in [-0.2, 0) is 0 Å². The smallest absolute Gasteiger partial charge is 0.408 e. The molecule has 3 rings (SSSR count). The number of nitrogens with one attached hydrogen (secondary N) is 2. The van der Waals surface area contributed by atoms with Crippen molar-refractivity contribution in [2.24, 2.45) is 11.8 Å². The van der Waals surface area contributed by atoms with E-state index in [2.05, 4.69) is 24.1 Å². The highest BCUT2D eigenvalue weighted by Gasteiger charge is 2.20. The molecule has 0 saturated heterocycles. The lowest BCUT2D eigenvalue weighted by molar-refractivity contribution is 0.341. The van der Waals surface area contributed by atoms with Gasteiger partial charge in [-0.05, 0) is 49.3 Å². The van der Waals surface area contributed by atoms with Crippen LogP contribution in [0.2, 0.25) is 0 Å². The molecule has 1 aliphatic carbocycles. The predicted molar refractivity (Wildman–Crippen MR) is 85.7 cm³/mol. The average Bonchev–Trinajstić information content (AvgIpc) is 2.65. The van der Waals surface area contributed by atoms with Gasteiger partial charge in [-0.3, -0.25) is 4.98 Å². The summed E-state index contributed by atoms with van der Waals surface area (Å²) >= 11 is 0. The van der Waals surface area contributed by atoms with Crippen LogP contribution in [0.3, 0.4) is 0 Å². The summed E-state index contributed by atoms with van der Waals surface area (Å²) in [6.07, 6.45) is 6.40. The minimum absolute atomic E-state index is 0.392. The lowest BCUT2D eigenvalue weighted by Gasteiger charge is -2.19. The molecule has 1 aromatic heterocycles. The van der Waals surface area contributed by atoms with Crippen LogP contribution >= 0.6 is 0 Å². The molecule has 0 aliphatic heterocycles. The van der Waals surface area contributed by atoms with E-state index in [0.29, 0.717) is 11.6 Å². The Hall–Kier alpha value is -1.71. The standard InChI is InChI=1S/C17H24N2O2/c1-11(2)12-4-3-5-13(7-6-12)18-14-8-9-16-15(10-14)19-17(20)21-16/h8-13,18H,3-7H2,1-2H3,(H,19,20). The van der Waals surface area contributed by atoms with E-state index in [4.69, 9.17) is 4.42 Å². The fourth-order valence-corrected chi connectivity index (χ4v) is 3.42. The van der Waals surface area contributed by atoms with Crippen LogP contribution in [0, 0.1) is 11.8 Å². The van der Waals surface area contributed by atoms with Crippen LogP contribution in [0.5, 0.6) is 0 Å². The molecule has 0 radical (unpaired) electrons. The maximum absolute atomic E-state index is 11.2. The van der Waals surface area contributed by atoms with Crippen molar-refractivity contribution in [3.05, 3.63) is 28.7 Å². The predicted octanol–water partition coefficient (Wildman–Crippen LogP) is 4.14. The lowest BCUT2D eigenvalue weighted by Crippen LogP contribution is -2.18. The van der Waals surface area contributed by atoms with Crippen molar-refractivity contribution in [3.8, 4) is 0 Å². The molecule has 1 aliphatic rings. The van der Waals surface area contributed by atoms with Gasteiger partial charge in [-0.15, -0.1) is 0 Å². The Balaban J connectivity index is 1.68. The highest BCUT2D eigenvalue weighted by Crippen LogP contribution is 2.30. The molecular formula is C17H24N2O2. The van der Waals surface area contributed by atoms with Crippen LogP contribution in [0.1, 0.15) is 46.0 Å². The van der Waals surface area contributed by atoms with E-state index in [9.17, 15) is 4.79 Å². The van der Waals surface area contributed by atoms with Crippen LogP contribution < -0.4 is 11.1 Å². The molecule has 1 aromatic carbocycles. The van der Waals surface area contributed by atoms with Gasteiger partial charge >= 0.3 is 5.76 Å². The Kier molecular flexibility index (Phi) is 4.04. The Bertz CT molecular complexity index is 656. The maximum atomic E-state index is 11.2. The van der Waals surface area contributed by atoms with E-state index in [-0.39, 0.29) is 0 Å². The van der Waals surface area contributed by atoms with E-state index < -0.39 is 5.76 Å². The molecule has 1 fully saturated rings. The van der Waals surface area contributed by atoms with Crippen LogP contribution in [0.4, 0.5) is 5.69 Å². The molecule has 114 valence electrons. The lowest BCUT2D eigenvalue weighted by atomic mass is 9.89. The number of hydrogen-bond acceptors (Lipinski definition) is 3. The molecule has 0 amide bonds. The summed E-state index contributed by atoms with van der Waals surface area (Å²) in [5.41, 5.74) is 2.44. The van der Waals surface area contributed by atoms with Gasteiger partial charge in [0.25, 0.3) is 0 Å². The van der Waals surface area contributed by atoms with Crippen molar-refractivity contribution in [3.63, 3.8) is 0 Å². The van der Waals surface area contributed by atoms with Gasteiger partial charge in [0.05, 0.1) is 5.52 Å². The number of fused-ring (bicyclic) bond motifs is 1. The van der Waals surface area contributed by atoms with Gasteiger partial charge in [-0.2, -0.15) is 0 Å². The molecule has 4 heteroatoms. The average molecular weight is 288 g/mol. The third kappa shape index (κ3) is 3.31. The third-order valence-corrected chi connectivity index (χ3v) is 4.75. The van der Waals surface area contributed by atoms with E-state index in [0.717, 1.165) is 23.0 Å². The molecule has 0 bridgehead atoms. The summed E-state index contributed by atoms with van der Waals surface area (Å²) in [6.45, 7) is 4.67. The van der Waals surface area contributed by atoms with Gasteiger partial charge in [0.2, 0.25) is 0 Å². The first-order chi connectivity index (χ1) is 10.1.